The number of pyridine rings is 1. The maximum atomic E-state index is 13.7. The zero-order valence-electron chi connectivity index (χ0n) is 13.9. The third-order valence-electron chi connectivity index (χ3n) is 3.55. The molecule has 0 unspecified atom stereocenters. The van der Waals surface area contributed by atoms with E-state index in [2.05, 4.69) is 10.3 Å². The van der Waals surface area contributed by atoms with Gasteiger partial charge in [-0.25, -0.2) is 13.8 Å². The third-order valence-corrected chi connectivity index (χ3v) is 3.55. The highest BCUT2D eigenvalue weighted by molar-refractivity contribution is 6.04. The lowest BCUT2D eigenvalue weighted by Crippen LogP contribution is -2.15. The first-order valence-electron chi connectivity index (χ1n) is 7.80. The van der Waals surface area contributed by atoms with E-state index in [0.29, 0.717) is 6.07 Å². The number of carbonyl (C=O) groups is 1. The minimum absolute atomic E-state index is 0.137. The maximum absolute atomic E-state index is 13.7. The van der Waals surface area contributed by atoms with E-state index in [-0.39, 0.29) is 22.9 Å². The van der Waals surface area contributed by atoms with E-state index < -0.39 is 29.3 Å². The van der Waals surface area contributed by atoms with E-state index in [9.17, 15) is 26.7 Å². The highest BCUT2D eigenvalue weighted by Gasteiger charge is 2.30. The smallest absolute Gasteiger partial charge is 0.416 e. The minimum atomic E-state index is -4.56. The Hall–Kier alpha value is -3.49. The van der Waals surface area contributed by atoms with Crippen LogP contribution in [0.2, 0.25) is 0 Å². The lowest BCUT2D eigenvalue weighted by Gasteiger charge is -2.12. The van der Waals surface area contributed by atoms with Crippen molar-refractivity contribution in [2.24, 2.45) is 0 Å². The van der Waals surface area contributed by atoms with E-state index in [0.717, 1.165) is 30.3 Å². The Balaban J connectivity index is 1.86. The predicted molar refractivity (Wildman–Crippen MR) is 90.1 cm³/mol. The molecular formula is C19H11F5N2O2. The summed E-state index contributed by atoms with van der Waals surface area (Å²) < 4.78 is 70.5. The van der Waals surface area contributed by atoms with Gasteiger partial charge in [-0.2, -0.15) is 13.2 Å². The predicted octanol–water partition coefficient (Wildman–Crippen LogP) is 5.42. The Bertz CT molecular complexity index is 1020. The normalized spacial score (nSPS) is 11.2. The quantitative estimate of drug-likeness (QED) is 0.601. The van der Waals surface area contributed by atoms with Crippen molar-refractivity contribution in [2.75, 3.05) is 5.32 Å². The molecule has 2 aromatic carbocycles. The minimum Gasteiger partial charge on any atom is -0.455 e. The molecule has 0 aliphatic carbocycles. The van der Waals surface area contributed by atoms with Crippen LogP contribution >= 0.6 is 0 Å². The van der Waals surface area contributed by atoms with Gasteiger partial charge < -0.3 is 10.1 Å². The van der Waals surface area contributed by atoms with Crippen LogP contribution in [0.25, 0.3) is 0 Å². The molecule has 1 aromatic heterocycles. The summed E-state index contributed by atoms with van der Waals surface area (Å²) in [6.45, 7) is 0. The molecule has 3 rings (SSSR count). The summed E-state index contributed by atoms with van der Waals surface area (Å²) in [7, 11) is 0. The number of amides is 1. The summed E-state index contributed by atoms with van der Waals surface area (Å²) in [5, 5.41) is 2.21. The molecule has 1 N–H and O–H groups in total. The van der Waals surface area contributed by atoms with Crippen LogP contribution in [0.5, 0.6) is 11.5 Å². The fraction of sp³-hybridized carbons (Fsp3) is 0.0526. The first-order valence-corrected chi connectivity index (χ1v) is 7.80. The van der Waals surface area contributed by atoms with Crippen molar-refractivity contribution in [3.05, 3.63) is 83.7 Å². The molecular weight excluding hydrogens is 383 g/mol. The van der Waals surface area contributed by atoms with Gasteiger partial charge in [0.1, 0.15) is 17.4 Å². The standard InChI is InChI=1S/C19H11F5N2O2/c20-12-6-7-15(14(21)10-12)26-18(27)17-16(5-2-8-25-17)28-13-4-1-3-11(9-13)19(22,23)24/h1-10H,(H,26,27). The topological polar surface area (TPSA) is 51.2 Å². The van der Waals surface area contributed by atoms with E-state index in [1.54, 1.807) is 0 Å². The summed E-state index contributed by atoms with van der Waals surface area (Å²) in [6, 6.07) is 9.40. The van der Waals surface area contributed by atoms with Gasteiger partial charge in [0, 0.05) is 12.3 Å². The molecule has 3 aromatic rings. The van der Waals surface area contributed by atoms with E-state index in [4.69, 9.17) is 4.74 Å². The van der Waals surface area contributed by atoms with Gasteiger partial charge in [-0.15, -0.1) is 0 Å². The van der Waals surface area contributed by atoms with Crippen LogP contribution in [0.15, 0.2) is 60.8 Å². The van der Waals surface area contributed by atoms with Crippen LogP contribution in [0.1, 0.15) is 16.1 Å². The van der Waals surface area contributed by atoms with Gasteiger partial charge in [0.25, 0.3) is 5.91 Å². The second-order valence-corrected chi connectivity index (χ2v) is 5.56. The van der Waals surface area contributed by atoms with Gasteiger partial charge in [-0.05, 0) is 42.5 Å². The molecule has 28 heavy (non-hydrogen) atoms. The number of hydrogen-bond donors (Lipinski definition) is 1. The van der Waals surface area contributed by atoms with Crippen LogP contribution in [0.4, 0.5) is 27.6 Å². The van der Waals surface area contributed by atoms with Crippen molar-refractivity contribution in [2.45, 2.75) is 6.18 Å². The number of carbonyl (C=O) groups excluding carboxylic acids is 1. The number of aromatic nitrogens is 1. The lowest BCUT2D eigenvalue weighted by atomic mass is 10.2. The summed E-state index contributed by atoms with van der Waals surface area (Å²) in [5.41, 5.74) is -1.50. The van der Waals surface area contributed by atoms with Crippen molar-refractivity contribution >= 4 is 11.6 Å². The van der Waals surface area contributed by atoms with Crippen LogP contribution in [-0.4, -0.2) is 10.9 Å². The first kappa shape index (κ1) is 19.3. The molecule has 0 bridgehead atoms. The fourth-order valence-corrected chi connectivity index (χ4v) is 2.28. The molecule has 1 amide bonds. The lowest BCUT2D eigenvalue weighted by molar-refractivity contribution is -0.137. The van der Waals surface area contributed by atoms with Crippen LogP contribution in [0.3, 0.4) is 0 Å². The molecule has 0 atom stereocenters. The molecule has 0 fully saturated rings. The number of ether oxygens (including phenoxy) is 1. The molecule has 9 heteroatoms. The van der Waals surface area contributed by atoms with Crippen molar-refractivity contribution in [3.8, 4) is 11.5 Å². The Morgan fingerprint density at radius 1 is 1.00 bits per heavy atom. The molecule has 1 heterocycles. The second-order valence-electron chi connectivity index (χ2n) is 5.56. The van der Waals surface area contributed by atoms with Gasteiger partial charge in [0.2, 0.25) is 0 Å². The summed E-state index contributed by atoms with van der Waals surface area (Å²) in [4.78, 5) is 16.2. The maximum Gasteiger partial charge on any atom is 0.416 e. The van der Waals surface area contributed by atoms with Gasteiger partial charge >= 0.3 is 6.18 Å². The monoisotopic (exact) mass is 394 g/mol. The number of hydrogen-bond acceptors (Lipinski definition) is 3. The Morgan fingerprint density at radius 3 is 2.50 bits per heavy atom. The molecule has 0 aliphatic rings. The zero-order chi connectivity index (χ0) is 20.3. The average molecular weight is 394 g/mol. The van der Waals surface area contributed by atoms with E-state index in [1.807, 2.05) is 0 Å². The van der Waals surface area contributed by atoms with Gasteiger partial charge in [-0.3, -0.25) is 4.79 Å². The summed E-state index contributed by atoms with van der Waals surface area (Å²) in [5.74, 6) is -2.99. The highest BCUT2D eigenvalue weighted by Crippen LogP contribution is 2.33. The van der Waals surface area contributed by atoms with Crippen LogP contribution in [0, 0.1) is 11.6 Å². The number of benzene rings is 2. The van der Waals surface area contributed by atoms with Gasteiger partial charge in [0.05, 0.1) is 11.3 Å². The number of anilines is 1. The average Bonchev–Trinajstić information content (AvgIpc) is 2.64. The first-order chi connectivity index (χ1) is 13.2. The second kappa shape index (κ2) is 7.63. The zero-order valence-corrected chi connectivity index (χ0v) is 13.9. The number of nitrogens with one attached hydrogen (secondary N) is 1. The van der Waals surface area contributed by atoms with E-state index in [1.165, 1.54) is 24.4 Å². The molecule has 0 radical (unpaired) electrons. The third kappa shape index (κ3) is 4.43. The van der Waals surface area contributed by atoms with Gasteiger partial charge in [-0.1, -0.05) is 6.07 Å². The molecule has 144 valence electrons. The van der Waals surface area contributed by atoms with Crippen molar-refractivity contribution in [1.82, 2.24) is 4.98 Å². The van der Waals surface area contributed by atoms with Crippen molar-refractivity contribution < 1.29 is 31.5 Å². The van der Waals surface area contributed by atoms with Crippen LogP contribution < -0.4 is 10.1 Å². The Kier molecular flexibility index (Phi) is 5.25. The van der Waals surface area contributed by atoms with Crippen molar-refractivity contribution in [3.63, 3.8) is 0 Å². The largest absolute Gasteiger partial charge is 0.455 e. The molecule has 0 spiro atoms. The number of nitrogens with zero attached hydrogens (tertiary/aromatic N) is 1. The number of halogens is 5. The molecule has 0 aliphatic heterocycles. The number of rotatable bonds is 4. The van der Waals surface area contributed by atoms with E-state index >= 15 is 0 Å². The van der Waals surface area contributed by atoms with Crippen LogP contribution in [-0.2, 0) is 6.18 Å². The Labute approximate surface area is 155 Å². The summed E-state index contributed by atoms with van der Waals surface area (Å²) >= 11 is 0. The van der Waals surface area contributed by atoms with Gasteiger partial charge in [0.15, 0.2) is 11.4 Å². The molecule has 0 saturated heterocycles. The SMILES string of the molecule is O=C(Nc1ccc(F)cc1F)c1ncccc1Oc1cccc(C(F)(F)F)c1. The molecule has 0 saturated carbocycles. The molecule has 4 nitrogen and oxygen atoms in total. The number of alkyl halides is 3. The summed E-state index contributed by atoms with van der Waals surface area (Å²) in [6.07, 6.45) is -3.30. The Morgan fingerprint density at radius 2 is 1.79 bits per heavy atom. The van der Waals surface area contributed by atoms with Crippen molar-refractivity contribution in [1.29, 1.82) is 0 Å². The fourth-order valence-electron chi connectivity index (χ4n) is 2.28. The highest BCUT2D eigenvalue weighted by atomic mass is 19.4.